The summed E-state index contributed by atoms with van der Waals surface area (Å²) in [7, 11) is 0. The van der Waals surface area contributed by atoms with Crippen LogP contribution in [-0.2, 0) is 0 Å². The molecule has 1 aliphatic rings. The smallest absolute Gasteiger partial charge is 0.266 e. The third kappa shape index (κ3) is 2.02. The SMILES string of the molecule is CC1=Nn2c(nc3scc(-c4ccccc4)c3c2=O)SC1. The van der Waals surface area contributed by atoms with Crippen molar-refractivity contribution < 1.29 is 0 Å². The lowest BCUT2D eigenvalue weighted by Crippen LogP contribution is -2.24. The molecular formula is C15H11N3OS2. The Morgan fingerprint density at radius 2 is 2.05 bits per heavy atom. The Labute approximate surface area is 129 Å². The number of thiophene rings is 1. The lowest BCUT2D eigenvalue weighted by Gasteiger charge is -2.13. The average molecular weight is 313 g/mol. The van der Waals surface area contributed by atoms with E-state index in [0.29, 0.717) is 10.5 Å². The number of fused-ring (bicyclic) bond motifs is 2. The molecule has 2 aromatic heterocycles. The first-order chi connectivity index (χ1) is 10.2. The van der Waals surface area contributed by atoms with Crippen LogP contribution in [0.1, 0.15) is 6.92 Å². The molecule has 0 spiro atoms. The Morgan fingerprint density at radius 3 is 2.86 bits per heavy atom. The molecule has 21 heavy (non-hydrogen) atoms. The summed E-state index contributed by atoms with van der Waals surface area (Å²) in [5, 5.41) is 7.69. The molecule has 4 rings (SSSR count). The number of nitrogens with zero attached hydrogens (tertiary/aromatic N) is 3. The van der Waals surface area contributed by atoms with Crippen molar-refractivity contribution >= 4 is 39.0 Å². The van der Waals surface area contributed by atoms with Crippen LogP contribution in [-0.4, -0.2) is 21.1 Å². The normalized spacial score (nSPS) is 14.0. The largest absolute Gasteiger partial charge is 0.284 e. The molecule has 0 saturated heterocycles. The van der Waals surface area contributed by atoms with Gasteiger partial charge in [0.2, 0.25) is 0 Å². The fraction of sp³-hybridized carbons (Fsp3) is 0.133. The molecule has 6 heteroatoms. The van der Waals surface area contributed by atoms with Gasteiger partial charge in [0.05, 0.1) is 5.39 Å². The van der Waals surface area contributed by atoms with Crippen molar-refractivity contribution in [3.63, 3.8) is 0 Å². The Balaban J connectivity index is 2.06. The highest BCUT2D eigenvalue weighted by Crippen LogP contribution is 2.32. The van der Waals surface area contributed by atoms with Gasteiger partial charge in [-0.25, -0.2) is 4.98 Å². The van der Waals surface area contributed by atoms with E-state index >= 15 is 0 Å². The fourth-order valence-electron chi connectivity index (χ4n) is 2.34. The summed E-state index contributed by atoms with van der Waals surface area (Å²) in [4.78, 5) is 18.2. The third-order valence-corrected chi connectivity index (χ3v) is 5.28. The van der Waals surface area contributed by atoms with Gasteiger partial charge < -0.3 is 0 Å². The second-order valence-corrected chi connectivity index (χ2v) is 6.63. The summed E-state index contributed by atoms with van der Waals surface area (Å²) >= 11 is 3.07. The van der Waals surface area contributed by atoms with E-state index in [1.54, 1.807) is 11.8 Å². The van der Waals surface area contributed by atoms with E-state index in [1.165, 1.54) is 16.0 Å². The number of benzene rings is 1. The topological polar surface area (TPSA) is 47.2 Å². The van der Waals surface area contributed by atoms with E-state index < -0.39 is 0 Å². The Bertz CT molecular complexity index is 925. The Morgan fingerprint density at radius 1 is 1.24 bits per heavy atom. The molecule has 0 atom stereocenters. The summed E-state index contributed by atoms with van der Waals surface area (Å²) in [6.07, 6.45) is 0. The van der Waals surface area contributed by atoms with Crippen molar-refractivity contribution in [1.82, 2.24) is 9.66 Å². The van der Waals surface area contributed by atoms with Gasteiger partial charge in [0.15, 0.2) is 5.16 Å². The molecule has 0 bridgehead atoms. The van der Waals surface area contributed by atoms with Gasteiger partial charge in [-0.1, -0.05) is 42.1 Å². The van der Waals surface area contributed by atoms with Crippen molar-refractivity contribution in [3.8, 4) is 11.1 Å². The van der Waals surface area contributed by atoms with Gasteiger partial charge >= 0.3 is 0 Å². The van der Waals surface area contributed by atoms with Gasteiger partial charge in [0, 0.05) is 22.4 Å². The molecule has 0 radical (unpaired) electrons. The summed E-state index contributed by atoms with van der Waals surface area (Å²) in [6.45, 7) is 1.93. The molecule has 0 fully saturated rings. The predicted molar refractivity (Wildman–Crippen MR) is 88.5 cm³/mol. The molecule has 0 unspecified atom stereocenters. The van der Waals surface area contributed by atoms with E-state index in [4.69, 9.17) is 0 Å². The van der Waals surface area contributed by atoms with Crippen molar-refractivity contribution in [1.29, 1.82) is 0 Å². The van der Waals surface area contributed by atoms with Gasteiger partial charge in [0.1, 0.15) is 4.83 Å². The molecule has 0 amide bonds. The van der Waals surface area contributed by atoms with Gasteiger partial charge in [-0.2, -0.15) is 9.78 Å². The Hall–Kier alpha value is -1.92. The van der Waals surface area contributed by atoms with Gasteiger partial charge in [-0.3, -0.25) is 4.79 Å². The molecule has 1 aromatic carbocycles. The minimum absolute atomic E-state index is 0.0818. The van der Waals surface area contributed by atoms with Crippen LogP contribution in [0.25, 0.3) is 21.3 Å². The third-order valence-electron chi connectivity index (χ3n) is 3.32. The summed E-state index contributed by atoms with van der Waals surface area (Å²) in [5.41, 5.74) is 2.83. The number of rotatable bonds is 1. The van der Waals surface area contributed by atoms with E-state index in [1.807, 2.05) is 42.6 Å². The zero-order chi connectivity index (χ0) is 14.4. The van der Waals surface area contributed by atoms with E-state index in [-0.39, 0.29) is 5.56 Å². The van der Waals surface area contributed by atoms with Crippen LogP contribution in [0.2, 0.25) is 0 Å². The summed E-state index contributed by atoms with van der Waals surface area (Å²) in [6, 6.07) is 9.93. The van der Waals surface area contributed by atoms with Crippen LogP contribution in [0, 0.1) is 0 Å². The molecule has 0 saturated carbocycles. The van der Waals surface area contributed by atoms with Gasteiger partial charge in [-0.05, 0) is 12.5 Å². The minimum Gasteiger partial charge on any atom is -0.266 e. The zero-order valence-corrected chi connectivity index (χ0v) is 12.9. The predicted octanol–water partition coefficient (Wildman–Crippen LogP) is 3.45. The van der Waals surface area contributed by atoms with Gasteiger partial charge in [0.25, 0.3) is 5.56 Å². The van der Waals surface area contributed by atoms with Crippen LogP contribution in [0.15, 0.2) is 50.8 Å². The highest BCUT2D eigenvalue weighted by Gasteiger charge is 2.19. The minimum atomic E-state index is -0.0818. The average Bonchev–Trinajstić information content (AvgIpc) is 2.93. The maximum atomic E-state index is 12.8. The van der Waals surface area contributed by atoms with Crippen LogP contribution in [0.3, 0.4) is 0 Å². The monoisotopic (exact) mass is 313 g/mol. The quantitative estimate of drug-likeness (QED) is 0.646. The van der Waals surface area contributed by atoms with E-state index in [2.05, 4.69) is 10.1 Å². The van der Waals surface area contributed by atoms with Crippen LogP contribution in [0.4, 0.5) is 0 Å². The maximum absolute atomic E-state index is 12.8. The molecule has 3 heterocycles. The van der Waals surface area contributed by atoms with E-state index in [9.17, 15) is 4.79 Å². The number of thioether (sulfide) groups is 1. The van der Waals surface area contributed by atoms with Crippen LogP contribution in [0.5, 0.6) is 0 Å². The van der Waals surface area contributed by atoms with Crippen molar-refractivity contribution in [2.75, 3.05) is 5.75 Å². The molecule has 1 aliphatic heterocycles. The standard InChI is InChI=1S/C15H11N3OS2/c1-9-7-21-15-16-13-12(14(19)18(15)17-9)11(8-20-13)10-5-3-2-4-6-10/h2-6,8H,7H2,1H3. The lowest BCUT2D eigenvalue weighted by molar-refractivity contribution is 0.699. The molecular weight excluding hydrogens is 302 g/mol. The van der Waals surface area contributed by atoms with Crippen LogP contribution < -0.4 is 5.56 Å². The van der Waals surface area contributed by atoms with E-state index in [0.717, 1.165) is 27.4 Å². The van der Waals surface area contributed by atoms with Gasteiger partial charge in [-0.15, -0.1) is 11.3 Å². The molecule has 0 aliphatic carbocycles. The van der Waals surface area contributed by atoms with Crippen molar-refractivity contribution in [2.24, 2.45) is 5.10 Å². The zero-order valence-electron chi connectivity index (χ0n) is 11.2. The summed E-state index contributed by atoms with van der Waals surface area (Å²) < 4.78 is 1.44. The first kappa shape index (κ1) is 12.8. The number of hydrogen-bond donors (Lipinski definition) is 0. The van der Waals surface area contributed by atoms with Crippen molar-refractivity contribution in [2.45, 2.75) is 12.1 Å². The maximum Gasteiger partial charge on any atom is 0.284 e. The highest BCUT2D eigenvalue weighted by molar-refractivity contribution is 7.99. The number of hydrogen-bond acceptors (Lipinski definition) is 5. The molecule has 4 nitrogen and oxygen atoms in total. The lowest BCUT2D eigenvalue weighted by atomic mass is 10.1. The molecule has 0 N–H and O–H groups in total. The highest BCUT2D eigenvalue weighted by atomic mass is 32.2. The first-order valence-corrected chi connectivity index (χ1v) is 8.37. The number of aromatic nitrogens is 2. The fourth-order valence-corrected chi connectivity index (χ4v) is 4.14. The molecule has 3 aromatic rings. The molecule has 104 valence electrons. The second kappa shape index (κ2) is 4.82. The van der Waals surface area contributed by atoms with Crippen molar-refractivity contribution in [3.05, 3.63) is 46.1 Å². The second-order valence-electron chi connectivity index (χ2n) is 4.83. The first-order valence-electron chi connectivity index (χ1n) is 6.51. The Kier molecular flexibility index (Phi) is 2.94. The van der Waals surface area contributed by atoms with Crippen LogP contribution >= 0.6 is 23.1 Å². The summed E-state index contributed by atoms with van der Waals surface area (Å²) in [5.74, 6) is 0.787.